The fourth-order valence-corrected chi connectivity index (χ4v) is 2.82. The lowest BCUT2D eigenvalue weighted by atomic mass is 10.0. The van der Waals surface area contributed by atoms with Gasteiger partial charge in [-0.25, -0.2) is 9.97 Å². The second-order valence-corrected chi connectivity index (χ2v) is 6.14. The molecule has 2 aromatic rings. The second-order valence-electron chi connectivity index (χ2n) is 6.14. The van der Waals surface area contributed by atoms with Crippen molar-refractivity contribution in [2.45, 2.75) is 45.2 Å². The number of ether oxygens (including phenoxy) is 3. The van der Waals surface area contributed by atoms with E-state index >= 15 is 0 Å². The molecule has 0 aliphatic carbocycles. The van der Waals surface area contributed by atoms with E-state index in [-0.39, 0.29) is 11.7 Å². The van der Waals surface area contributed by atoms with Gasteiger partial charge in [0.2, 0.25) is 0 Å². The molecule has 0 bridgehead atoms. The van der Waals surface area contributed by atoms with Crippen LogP contribution in [0.5, 0.6) is 0 Å². The quantitative estimate of drug-likeness (QED) is 0.768. The fourth-order valence-electron chi connectivity index (χ4n) is 2.82. The zero-order valence-electron chi connectivity index (χ0n) is 14.3. The van der Waals surface area contributed by atoms with Gasteiger partial charge >= 0.3 is 0 Å². The van der Waals surface area contributed by atoms with Crippen molar-refractivity contribution in [3.05, 3.63) is 24.3 Å². The largest absolute Gasteiger partial charge is 0.400 e. The summed E-state index contributed by atoms with van der Waals surface area (Å²) in [7, 11) is 1.00. The summed E-state index contributed by atoms with van der Waals surface area (Å²) in [6.07, 6.45) is 3.55. The number of aliphatic hydroxyl groups is 1. The minimum atomic E-state index is -0.427. The summed E-state index contributed by atoms with van der Waals surface area (Å²) in [4.78, 5) is 11.1. The van der Waals surface area contributed by atoms with Gasteiger partial charge in [-0.05, 0) is 33.8 Å². The monoisotopic (exact) mass is 323 g/mol. The molecule has 0 amide bonds. The van der Waals surface area contributed by atoms with Gasteiger partial charge in [0.25, 0.3) is 0 Å². The van der Waals surface area contributed by atoms with Crippen LogP contribution in [0.15, 0.2) is 18.6 Å². The van der Waals surface area contributed by atoms with Crippen LogP contribution >= 0.6 is 0 Å². The Bertz CT molecular complexity index is 643. The lowest BCUT2D eigenvalue weighted by molar-refractivity contribution is -0.179. The Labute approximate surface area is 136 Å². The maximum Gasteiger partial charge on any atom is 0.164 e. The van der Waals surface area contributed by atoms with E-state index in [2.05, 4.69) is 15.0 Å². The van der Waals surface area contributed by atoms with E-state index in [4.69, 9.17) is 19.3 Å². The summed E-state index contributed by atoms with van der Waals surface area (Å²) in [5.74, 6) is -0.427. The maximum atomic E-state index is 7.00. The summed E-state index contributed by atoms with van der Waals surface area (Å²) in [5.41, 5.74) is 1.72. The first-order valence-corrected chi connectivity index (χ1v) is 7.55. The minimum Gasteiger partial charge on any atom is -0.400 e. The SMILES string of the molecule is CC1(C)OC2COC[C@@]2(C)O1.CO.Cc1ncnc2[nH]ccc12. The number of aromatic amines is 1. The molecule has 2 aromatic heterocycles. The predicted octanol–water partition coefficient (Wildman–Crippen LogP) is 1.80. The van der Waals surface area contributed by atoms with Crippen LogP contribution in [0.4, 0.5) is 0 Å². The normalized spacial score (nSPS) is 27.7. The number of nitrogens with one attached hydrogen (secondary N) is 1. The van der Waals surface area contributed by atoms with E-state index in [1.165, 1.54) is 0 Å². The predicted molar refractivity (Wildman–Crippen MR) is 86.0 cm³/mol. The van der Waals surface area contributed by atoms with Crippen molar-refractivity contribution >= 4 is 11.0 Å². The topological polar surface area (TPSA) is 89.5 Å². The van der Waals surface area contributed by atoms with Crippen molar-refractivity contribution in [2.24, 2.45) is 0 Å². The van der Waals surface area contributed by atoms with Gasteiger partial charge in [0.1, 0.15) is 23.7 Å². The van der Waals surface area contributed by atoms with Crippen molar-refractivity contribution in [3.63, 3.8) is 0 Å². The van der Waals surface area contributed by atoms with E-state index in [0.29, 0.717) is 13.2 Å². The number of hydrogen-bond acceptors (Lipinski definition) is 6. The molecule has 0 saturated carbocycles. The third-order valence-electron chi connectivity index (χ3n) is 3.80. The van der Waals surface area contributed by atoms with Crippen LogP contribution in [0.2, 0.25) is 0 Å². The van der Waals surface area contributed by atoms with Crippen molar-refractivity contribution in [1.29, 1.82) is 0 Å². The smallest absolute Gasteiger partial charge is 0.164 e. The van der Waals surface area contributed by atoms with Crippen LogP contribution < -0.4 is 0 Å². The van der Waals surface area contributed by atoms with Gasteiger partial charge in [0, 0.05) is 18.7 Å². The van der Waals surface area contributed by atoms with Crippen LogP contribution in [0, 0.1) is 6.92 Å². The van der Waals surface area contributed by atoms with Crippen LogP contribution in [-0.2, 0) is 14.2 Å². The summed E-state index contributed by atoms with van der Waals surface area (Å²) >= 11 is 0. The Morgan fingerprint density at radius 2 is 2.00 bits per heavy atom. The van der Waals surface area contributed by atoms with E-state index in [9.17, 15) is 0 Å². The highest BCUT2D eigenvalue weighted by atomic mass is 16.8. The van der Waals surface area contributed by atoms with Crippen LogP contribution in [0.1, 0.15) is 26.5 Å². The molecule has 0 aromatic carbocycles. The Morgan fingerprint density at radius 1 is 1.26 bits per heavy atom. The Morgan fingerprint density at radius 3 is 2.65 bits per heavy atom. The van der Waals surface area contributed by atoms with Gasteiger partial charge < -0.3 is 24.3 Å². The second kappa shape index (κ2) is 6.92. The molecular weight excluding hydrogens is 298 g/mol. The summed E-state index contributed by atoms with van der Waals surface area (Å²) in [6.45, 7) is 9.21. The van der Waals surface area contributed by atoms with Crippen LogP contribution in [-0.4, -0.2) is 57.9 Å². The highest BCUT2D eigenvalue weighted by Crippen LogP contribution is 2.39. The highest BCUT2D eigenvalue weighted by molar-refractivity contribution is 5.77. The van der Waals surface area contributed by atoms with Crippen molar-refractivity contribution in [2.75, 3.05) is 20.3 Å². The molecule has 2 N–H and O–H groups in total. The first-order valence-electron chi connectivity index (χ1n) is 7.55. The molecular formula is C16H25N3O4. The summed E-state index contributed by atoms with van der Waals surface area (Å²) in [6, 6.07) is 1.98. The molecule has 2 saturated heterocycles. The molecule has 2 fully saturated rings. The van der Waals surface area contributed by atoms with Gasteiger partial charge in [-0.15, -0.1) is 0 Å². The first kappa shape index (κ1) is 17.8. The number of aliphatic hydroxyl groups excluding tert-OH is 1. The third-order valence-corrected chi connectivity index (χ3v) is 3.80. The van der Waals surface area contributed by atoms with E-state index in [1.54, 1.807) is 6.33 Å². The molecule has 4 rings (SSSR count). The van der Waals surface area contributed by atoms with Crippen molar-refractivity contribution in [1.82, 2.24) is 15.0 Å². The number of aromatic nitrogens is 3. The van der Waals surface area contributed by atoms with Crippen LogP contribution in [0.25, 0.3) is 11.0 Å². The number of H-pyrrole nitrogens is 1. The Hall–Kier alpha value is -1.54. The molecule has 0 spiro atoms. The zero-order chi connectivity index (χ0) is 17.1. The standard InChI is InChI=1S/C8H14O3.C7H7N3.CH4O/c1-7(2)10-6-4-9-5-8(6,3)11-7;1-5-6-2-3-8-7(6)10-4-9-5;1-2/h6H,4-5H2,1-3H3;2-4H,1H3,(H,8,9,10);2H,1H3/t6?,8-;;/m1../s1. The third kappa shape index (κ3) is 3.87. The molecule has 0 radical (unpaired) electrons. The van der Waals surface area contributed by atoms with Crippen molar-refractivity contribution < 1.29 is 19.3 Å². The maximum absolute atomic E-state index is 7.00. The van der Waals surface area contributed by atoms with E-state index in [0.717, 1.165) is 23.8 Å². The van der Waals surface area contributed by atoms with E-state index in [1.807, 2.05) is 40.0 Å². The summed E-state index contributed by atoms with van der Waals surface area (Å²) in [5, 5.41) is 8.10. The zero-order valence-corrected chi connectivity index (χ0v) is 14.3. The molecule has 1 unspecified atom stereocenters. The Balaban J connectivity index is 0.000000152. The number of hydrogen-bond donors (Lipinski definition) is 2. The molecule has 2 atom stereocenters. The lowest BCUT2D eigenvalue weighted by Gasteiger charge is -2.22. The minimum absolute atomic E-state index is 0.123. The number of aryl methyl sites for hydroxylation is 1. The number of nitrogens with zero attached hydrogens (tertiary/aromatic N) is 2. The van der Waals surface area contributed by atoms with Gasteiger partial charge in [0.15, 0.2) is 5.79 Å². The molecule has 7 heteroatoms. The fraction of sp³-hybridized carbons (Fsp3) is 0.625. The van der Waals surface area contributed by atoms with Crippen LogP contribution in [0.3, 0.4) is 0 Å². The van der Waals surface area contributed by atoms with Gasteiger partial charge in [-0.2, -0.15) is 0 Å². The lowest BCUT2D eigenvalue weighted by Crippen LogP contribution is -2.35. The Kier molecular flexibility index (Phi) is 5.36. The molecule has 2 aliphatic rings. The molecule has 23 heavy (non-hydrogen) atoms. The van der Waals surface area contributed by atoms with Gasteiger partial charge in [-0.3, -0.25) is 0 Å². The van der Waals surface area contributed by atoms with Gasteiger partial charge in [-0.1, -0.05) is 0 Å². The highest BCUT2D eigenvalue weighted by Gasteiger charge is 2.53. The van der Waals surface area contributed by atoms with Crippen molar-refractivity contribution in [3.8, 4) is 0 Å². The average molecular weight is 323 g/mol. The molecule has 2 aliphatic heterocycles. The molecule has 128 valence electrons. The molecule has 7 nitrogen and oxygen atoms in total. The number of fused-ring (bicyclic) bond motifs is 2. The van der Waals surface area contributed by atoms with Gasteiger partial charge in [0.05, 0.1) is 18.9 Å². The summed E-state index contributed by atoms with van der Waals surface area (Å²) < 4.78 is 16.6. The first-order chi connectivity index (χ1) is 10.9. The average Bonchev–Trinajstić information content (AvgIpc) is 3.14. The van der Waals surface area contributed by atoms with E-state index < -0.39 is 5.79 Å². The molecule has 4 heterocycles. The number of rotatable bonds is 0.